The predicted octanol–water partition coefficient (Wildman–Crippen LogP) is -2.08. The van der Waals surface area contributed by atoms with Crippen LogP contribution in [0.5, 0.6) is 0 Å². The molecule has 4 atom stereocenters. The first-order valence-electron chi connectivity index (χ1n) is 5.91. The van der Waals surface area contributed by atoms with E-state index in [1.54, 1.807) is 0 Å². The van der Waals surface area contributed by atoms with Gasteiger partial charge in [-0.05, 0) is 13.3 Å². The van der Waals surface area contributed by atoms with E-state index in [0.717, 1.165) is 6.92 Å². The number of imide groups is 1. The maximum absolute atomic E-state index is 12.1. The van der Waals surface area contributed by atoms with Crippen molar-refractivity contribution in [2.75, 3.05) is 6.54 Å². The van der Waals surface area contributed by atoms with Gasteiger partial charge in [-0.15, -0.1) is 0 Å². The highest BCUT2D eigenvalue weighted by atomic mass is 16.4. The lowest BCUT2D eigenvalue weighted by molar-refractivity contribution is -0.162. The van der Waals surface area contributed by atoms with Gasteiger partial charge in [-0.2, -0.15) is 0 Å². The van der Waals surface area contributed by atoms with Crippen LogP contribution in [0.1, 0.15) is 20.3 Å². The minimum atomic E-state index is -1.63. The molecule has 0 radical (unpaired) electrons. The molecule has 1 saturated heterocycles. The molecule has 8 nitrogen and oxygen atoms in total. The molecule has 1 heterocycles. The third-order valence-electron chi connectivity index (χ3n) is 2.97. The third kappa shape index (κ3) is 3.49. The second kappa shape index (κ2) is 6.09. The van der Waals surface area contributed by atoms with Crippen LogP contribution in [0.3, 0.4) is 0 Å². The Balaban J connectivity index is 2.96. The number of rotatable bonds is 4. The van der Waals surface area contributed by atoms with Crippen molar-refractivity contribution in [2.45, 2.75) is 44.6 Å². The van der Waals surface area contributed by atoms with Crippen LogP contribution in [0.15, 0.2) is 0 Å². The summed E-state index contributed by atoms with van der Waals surface area (Å²) < 4.78 is 0. The van der Waals surface area contributed by atoms with Gasteiger partial charge in [0.05, 0.1) is 18.2 Å². The molecule has 4 N–H and O–H groups in total. The smallest absolute Gasteiger partial charge is 0.329 e. The normalized spacial score (nSPS) is 25.7. The van der Waals surface area contributed by atoms with Crippen LogP contribution in [0.25, 0.3) is 0 Å². The van der Waals surface area contributed by atoms with E-state index >= 15 is 0 Å². The summed E-state index contributed by atoms with van der Waals surface area (Å²) >= 11 is 0. The van der Waals surface area contributed by atoms with Gasteiger partial charge in [-0.3, -0.25) is 14.5 Å². The topological polar surface area (TPSA) is 127 Å². The van der Waals surface area contributed by atoms with Crippen LogP contribution in [0.4, 0.5) is 0 Å². The fourth-order valence-electron chi connectivity index (χ4n) is 2.09. The molecule has 0 aromatic rings. The molecular formula is C11H18N2O6. The number of carboxylic acids is 1. The quantitative estimate of drug-likeness (QED) is 0.463. The Bertz CT molecular complexity index is 383. The van der Waals surface area contributed by atoms with Crippen molar-refractivity contribution in [2.24, 2.45) is 0 Å². The zero-order chi connectivity index (χ0) is 14.7. The summed E-state index contributed by atoms with van der Waals surface area (Å²) in [6.45, 7) is 2.45. The standard InChI is InChI=1S/C11H18N2O6/c1-5(14)9(11(18)19)13(6(2)15)10(17)8-3-7(16)4-12-8/h5,7-9,12,14,16H,3-4H2,1-2H3,(H,18,19). The van der Waals surface area contributed by atoms with Gasteiger partial charge in [-0.25, -0.2) is 4.79 Å². The third-order valence-corrected chi connectivity index (χ3v) is 2.97. The van der Waals surface area contributed by atoms with Crippen LogP contribution in [0.2, 0.25) is 0 Å². The Morgan fingerprint density at radius 2 is 1.95 bits per heavy atom. The molecule has 4 unspecified atom stereocenters. The van der Waals surface area contributed by atoms with Crippen molar-refractivity contribution in [3.05, 3.63) is 0 Å². The maximum Gasteiger partial charge on any atom is 0.329 e. The Kier molecular flexibility index (Phi) is 4.98. The number of aliphatic hydroxyl groups is 2. The first-order valence-corrected chi connectivity index (χ1v) is 5.91. The van der Waals surface area contributed by atoms with Crippen LogP contribution >= 0.6 is 0 Å². The van der Waals surface area contributed by atoms with Crippen LogP contribution < -0.4 is 5.32 Å². The monoisotopic (exact) mass is 274 g/mol. The minimum Gasteiger partial charge on any atom is -0.480 e. The van der Waals surface area contributed by atoms with Gasteiger partial charge in [0, 0.05) is 13.5 Å². The lowest BCUT2D eigenvalue weighted by Crippen LogP contribution is -2.57. The first-order chi connectivity index (χ1) is 8.75. The van der Waals surface area contributed by atoms with Crippen LogP contribution in [-0.2, 0) is 14.4 Å². The number of carbonyl (C=O) groups excluding carboxylic acids is 2. The molecule has 0 spiro atoms. The number of amides is 2. The number of aliphatic hydroxyl groups excluding tert-OH is 2. The van der Waals surface area contributed by atoms with Gasteiger partial charge in [0.2, 0.25) is 11.8 Å². The number of hydrogen-bond acceptors (Lipinski definition) is 6. The van der Waals surface area contributed by atoms with E-state index in [1.165, 1.54) is 6.92 Å². The molecule has 0 bridgehead atoms. The Hall–Kier alpha value is -1.51. The Labute approximate surface area is 110 Å². The molecule has 0 aromatic heterocycles. The van der Waals surface area contributed by atoms with E-state index in [0.29, 0.717) is 4.90 Å². The van der Waals surface area contributed by atoms with Crippen molar-refractivity contribution in [1.29, 1.82) is 0 Å². The zero-order valence-corrected chi connectivity index (χ0v) is 10.7. The number of carboxylic acid groups (broad SMARTS) is 1. The van der Waals surface area contributed by atoms with Gasteiger partial charge < -0.3 is 20.6 Å². The molecule has 19 heavy (non-hydrogen) atoms. The van der Waals surface area contributed by atoms with E-state index in [4.69, 9.17) is 5.11 Å². The average Bonchev–Trinajstić information content (AvgIpc) is 2.70. The summed E-state index contributed by atoms with van der Waals surface area (Å²) in [5.74, 6) is -2.98. The van der Waals surface area contributed by atoms with E-state index < -0.39 is 42.1 Å². The lowest BCUT2D eigenvalue weighted by atomic mass is 10.1. The number of hydrogen-bond donors (Lipinski definition) is 4. The fourth-order valence-corrected chi connectivity index (χ4v) is 2.09. The van der Waals surface area contributed by atoms with Crippen molar-refractivity contribution >= 4 is 17.8 Å². The van der Waals surface area contributed by atoms with Crippen molar-refractivity contribution < 1.29 is 29.7 Å². The molecule has 108 valence electrons. The number of aliphatic carboxylic acids is 1. The summed E-state index contributed by atoms with van der Waals surface area (Å²) in [7, 11) is 0. The fraction of sp³-hybridized carbons (Fsp3) is 0.727. The summed E-state index contributed by atoms with van der Waals surface area (Å²) in [6.07, 6.45) is -2.00. The lowest BCUT2D eigenvalue weighted by Gasteiger charge is -2.30. The van der Waals surface area contributed by atoms with Gasteiger partial charge in [0.15, 0.2) is 6.04 Å². The molecule has 0 aromatic carbocycles. The molecule has 2 amide bonds. The Morgan fingerprint density at radius 3 is 2.26 bits per heavy atom. The van der Waals surface area contributed by atoms with Crippen molar-refractivity contribution in [3.63, 3.8) is 0 Å². The first kappa shape index (κ1) is 15.5. The zero-order valence-electron chi connectivity index (χ0n) is 10.7. The summed E-state index contributed by atoms with van der Waals surface area (Å²) in [6, 6.07) is -2.45. The molecule has 8 heteroatoms. The maximum atomic E-state index is 12.1. The van der Waals surface area contributed by atoms with Gasteiger partial charge in [-0.1, -0.05) is 0 Å². The largest absolute Gasteiger partial charge is 0.480 e. The SMILES string of the molecule is CC(=O)N(C(=O)C1CC(O)CN1)C(C(=O)O)C(C)O. The number of carbonyl (C=O) groups is 3. The average molecular weight is 274 g/mol. The van der Waals surface area contributed by atoms with E-state index in [1.807, 2.05) is 0 Å². The molecule has 1 fully saturated rings. The summed E-state index contributed by atoms with van der Waals surface area (Å²) in [4.78, 5) is 35.3. The highest BCUT2D eigenvalue weighted by Crippen LogP contribution is 2.14. The van der Waals surface area contributed by atoms with Crippen molar-refractivity contribution in [3.8, 4) is 0 Å². The second-order valence-electron chi connectivity index (χ2n) is 4.60. The van der Waals surface area contributed by atoms with Gasteiger partial charge in [0.25, 0.3) is 0 Å². The predicted molar refractivity (Wildman–Crippen MR) is 63.0 cm³/mol. The van der Waals surface area contributed by atoms with Gasteiger partial charge >= 0.3 is 5.97 Å². The van der Waals surface area contributed by atoms with Gasteiger partial charge in [0.1, 0.15) is 0 Å². The second-order valence-corrected chi connectivity index (χ2v) is 4.60. The molecular weight excluding hydrogens is 256 g/mol. The highest BCUT2D eigenvalue weighted by Gasteiger charge is 2.41. The highest BCUT2D eigenvalue weighted by molar-refractivity contribution is 6.00. The van der Waals surface area contributed by atoms with E-state index in [9.17, 15) is 24.6 Å². The molecule has 0 saturated carbocycles. The van der Waals surface area contributed by atoms with E-state index in [-0.39, 0.29) is 13.0 Å². The van der Waals surface area contributed by atoms with Crippen LogP contribution in [-0.4, -0.2) is 68.8 Å². The molecule has 1 rings (SSSR count). The Morgan fingerprint density at radius 1 is 1.37 bits per heavy atom. The number of β-amino-alcohol motifs (C(OH)–C–C–N with tert-alkyl or cyclic N) is 1. The molecule has 1 aliphatic heterocycles. The number of nitrogens with one attached hydrogen (secondary N) is 1. The summed E-state index contributed by atoms with van der Waals surface area (Å²) in [5, 5.41) is 30.5. The molecule has 1 aliphatic rings. The number of nitrogens with zero attached hydrogens (tertiary/aromatic N) is 1. The van der Waals surface area contributed by atoms with E-state index in [2.05, 4.69) is 5.32 Å². The minimum absolute atomic E-state index is 0.106. The molecule has 0 aliphatic carbocycles. The summed E-state index contributed by atoms with van der Waals surface area (Å²) in [5.41, 5.74) is 0. The van der Waals surface area contributed by atoms with Crippen LogP contribution in [0, 0.1) is 0 Å². The van der Waals surface area contributed by atoms with Crippen molar-refractivity contribution in [1.82, 2.24) is 10.2 Å².